The summed E-state index contributed by atoms with van der Waals surface area (Å²) in [4.78, 5) is 24.0. The summed E-state index contributed by atoms with van der Waals surface area (Å²) in [5.74, 6) is -0.709. The fourth-order valence-electron chi connectivity index (χ4n) is 1.45. The molecular weight excluding hydrogens is 256 g/mol. The minimum Gasteiger partial charge on any atom is -0.497 e. The first-order valence-corrected chi connectivity index (χ1v) is 6.24. The monoisotopic (exact) mass is 270 g/mol. The van der Waals surface area contributed by atoms with Crippen molar-refractivity contribution in [3.8, 4) is 5.75 Å². The van der Waals surface area contributed by atoms with Crippen molar-refractivity contribution in [1.82, 2.24) is 0 Å². The standard InChI is InChI=1S/C12H14O5S/c1-15-7-5-8(11(13)16-2)10(12(14)17-3)9(6-7)18-4/h5-6H,1-4H3. The number of thioether (sulfide) groups is 1. The molecule has 98 valence electrons. The molecule has 18 heavy (non-hydrogen) atoms. The summed E-state index contributed by atoms with van der Waals surface area (Å²) < 4.78 is 14.4. The van der Waals surface area contributed by atoms with Crippen molar-refractivity contribution in [2.24, 2.45) is 0 Å². The highest BCUT2D eigenvalue weighted by molar-refractivity contribution is 7.98. The van der Waals surface area contributed by atoms with E-state index in [9.17, 15) is 9.59 Å². The molecule has 1 aromatic rings. The topological polar surface area (TPSA) is 61.8 Å². The van der Waals surface area contributed by atoms with Crippen LogP contribution in [0.25, 0.3) is 0 Å². The molecule has 0 N–H and O–H groups in total. The number of methoxy groups -OCH3 is 3. The molecule has 0 aliphatic heterocycles. The zero-order valence-electron chi connectivity index (χ0n) is 10.6. The van der Waals surface area contributed by atoms with Crippen LogP contribution in [0.15, 0.2) is 17.0 Å². The van der Waals surface area contributed by atoms with Gasteiger partial charge in [-0.1, -0.05) is 0 Å². The Morgan fingerprint density at radius 2 is 1.67 bits per heavy atom. The van der Waals surface area contributed by atoms with Crippen molar-refractivity contribution >= 4 is 23.7 Å². The quantitative estimate of drug-likeness (QED) is 0.616. The second-order valence-electron chi connectivity index (χ2n) is 3.24. The van der Waals surface area contributed by atoms with Gasteiger partial charge in [-0.2, -0.15) is 0 Å². The Hall–Kier alpha value is -1.69. The molecule has 0 fully saturated rings. The Kier molecular flexibility index (Phi) is 5.03. The van der Waals surface area contributed by atoms with E-state index in [0.29, 0.717) is 10.6 Å². The van der Waals surface area contributed by atoms with E-state index >= 15 is 0 Å². The molecule has 0 aliphatic carbocycles. The molecule has 0 saturated heterocycles. The van der Waals surface area contributed by atoms with Crippen molar-refractivity contribution < 1.29 is 23.8 Å². The third kappa shape index (κ3) is 2.76. The molecule has 0 saturated carbocycles. The number of carbonyl (C=O) groups is 2. The van der Waals surface area contributed by atoms with E-state index in [2.05, 4.69) is 9.47 Å². The Balaban J connectivity index is 3.51. The lowest BCUT2D eigenvalue weighted by atomic mass is 10.1. The molecule has 0 aliphatic rings. The molecule has 0 heterocycles. The Labute approximate surface area is 109 Å². The van der Waals surface area contributed by atoms with E-state index in [1.807, 2.05) is 0 Å². The molecule has 5 nitrogen and oxygen atoms in total. The van der Waals surface area contributed by atoms with Crippen molar-refractivity contribution in [2.45, 2.75) is 4.90 Å². The van der Waals surface area contributed by atoms with Crippen LogP contribution in [0, 0.1) is 0 Å². The second kappa shape index (κ2) is 6.30. The Morgan fingerprint density at radius 3 is 2.11 bits per heavy atom. The van der Waals surface area contributed by atoms with Gasteiger partial charge >= 0.3 is 11.9 Å². The predicted octanol–water partition coefficient (Wildman–Crippen LogP) is 1.99. The van der Waals surface area contributed by atoms with E-state index < -0.39 is 11.9 Å². The van der Waals surface area contributed by atoms with Gasteiger partial charge in [0.2, 0.25) is 0 Å². The Morgan fingerprint density at radius 1 is 1.06 bits per heavy atom. The number of hydrogen-bond donors (Lipinski definition) is 0. The van der Waals surface area contributed by atoms with Crippen molar-refractivity contribution in [2.75, 3.05) is 27.6 Å². The molecule has 6 heteroatoms. The molecule has 1 aromatic carbocycles. The van der Waals surface area contributed by atoms with E-state index in [1.165, 1.54) is 39.2 Å². The lowest BCUT2D eigenvalue weighted by Crippen LogP contribution is -2.13. The summed E-state index contributed by atoms with van der Waals surface area (Å²) in [5, 5.41) is 0. The van der Waals surface area contributed by atoms with Crippen LogP contribution in [-0.2, 0) is 9.47 Å². The highest BCUT2D eigenvalue weighted by Gasteiger charge is 2.23. The average Bonchev–Trinajstić information content (AvgIpc) is 2.43. The summed E-state index contributed by atoms with van der Waals surface area (Å²) in [5.41, 5.74) is 0.325. The smallest absolute Gasteiger partial charge is 0.339 e. The number of carbonyl (C=O) groups excluding carboxylic acids is 2. The first kappa shape index (κ1) is 14.4. The summed E-state index contributed by atoms with van der Waals surface area (Å²) in [6.07, 6.45) is 1.79. The van der Waals surface area contributed by atoms with Crippen LogP contribution >= 0.6 is 11.8 Å². The molecule has 0 spiro atoms. The third-order valence-corrected chi connectivity index (χ3v) is 3.09. The fourth-order valence-corrected chi connectivity index (χ4v) is 2.08. The Bertz CT molecular complexity index is 470. The van der Waals surface area contributed by atoms with Crippen LogP contribution in [-0.4, -0.2) is 39.5 Å². The molecule has 0 unspecified atom stereocenters. The van der Waals surface area contributed by atoms with Crippen LogP contribution in [0.2, 0.25) is 0 Å². The predicted molar refractivity (Wildman–Crippen MR) is 67.5 cm³/mol. The maximum atomic E-state index is 11.7. The number of hydrogen-bond acceptors (Lipinski definition) is 6. The van der Waals surface area contributed by atoms with Gasteiger partial charge in [0.05, 0.1) is 32.5 Å². The number of esters is 2. The highest BCUT2D eigenvalue weighted by atomic mass is 32.2. The van der Waals surface area contributed by atoms with Crippen molar-refractivity contribution in [3.63, 3.8) is 0 Å². The van der Waals surface area contributed by atoms with Gasteiger partial charge in [0.1, 0.15) is 5.75 Å². The summed E-state index contributed by atoms with van der Waals surface area (Å²) in [7, 11) is 4.00. The summed E-state index contributed by atoms with van der Waals surface area (Å²) >= 11 is 1.32. The van der Waals surface area contributed by atoms with E-state index in [4.69, 9.17) is 4.74 Å². The zero-order valence-corrected chi connectivity index (χ0v) is 11.4. The van der Waals surface area contributed by atoms with Crippen LogP contribution in [0.1, 0.15) is 20.7 Å². The van der Waals surface area contributed by atoms with Crippen LogP contribution in [0.5, 0.6) is 5.75 Å². The van der Waals surface area contributed by atoms with Gasteiger partial charge in [-0.3, -0.25) is 0 Å². The first-order valence-electron chi connectivity index (χ1n) is 5.01. The maximum Gasteiger partial charge on any atom is 0.339 e. The normalized spacial score (nSPS) is 9.78. The lowest BCUT2D eigenvalue weighted by molar-refractivity contribution is 0.0551. The number of ether oxygens (including phenoxy) is 3. The third-order valence-electron chi connectivity index (χ3n) is 2.33. The molecule has 0 atom stereocenters. The second-order valence-corrected chi connectivity index (χ2v) is 4.08. The minimum atomic E-state index is -0.607. The first-order chi connectivity index (χ1) is 8.58. The van der Waals surface area contributed by atoms with Gasteiger partial charge in [0.15, 0.2) is 0 Å². The van der Waals surface area contributed by atoms with Crippen LogP contribution in [0.3, 0.4) is 0 Å². The van der Waals surface area contributed by atoms with Gasteiger partial charge in [-0.15, -0.1) is 11.8 Å². The largest absolute Gasteiger partial charge is 0.497 e. The molecule has 0 bridgehead atoms. The highest BCUT2D eigenvalue weighted by Crippen LogP contribution is 2.30. The van der Waals surface area contributed by atoms with Crippen molar-refractivity contribution in [1.29, 1.82) is 0 Å². The molecule has 0 aromatic heterocycles. The maximum absolute atomic E-state index is 11.7. The molecule has 1 rings (SSSR count). The zero-order chi connectivity index (χ0) is 13.7. The molecule has 0 amide bonds. The molecule has 0 radical (unpaired) electrons. The number of benzene rings is 1. The van der Waals surface area contributed by atoms with Gasteiger partial charge in [0.25, 0.3) is 0 Å². The molecular formula is C12H14O5S. The fraction of sp³-hybridized carbons (Fsp3) is 0.333. The minimum absolute atomic E-state index is 0.132. The summed E-state index contributed by atoms with van der Waals surface area (Å²) in [6.45, 7) is 0. The summed E-state index contributed by atoms with van der Waals surface area (Å²) in [6, 6.07) is 3.13. The van der Waals surface area contributed by atoms with Gasteiger partial charge < -0.3 is 14.2 Å². The SMILES string of the molecule is COC(=O)c1cc(OC)cc(SC)c1C(=O)OC. The van der Waals surface area contributed by atoms with Crippen LogP contribution < -0.4 is 4.74 Å². The van der Waals surface area contributed by atoms with Crippen molar-refractivity contribution in [3.05, 3.63) is 23.3 Å². The van der Waals surface area contributed by atoms with E-state index in [0.717, 1.165) is 0 Å². The van der Waals surface area contributed by atoms with E-state index in [1.54, 1.807) is 12.3 Å². The van der Waals surface area contributed by atoms with Gasteiger partial charge in [0, 0.05) is 4.90 Å². The van der Waals surface area contributed by atoms with Gasteiger partial charge in [-0.25, -0.2) is 9.59 Å². The lowest BCUT2D eigenvalue weighted by Gasteiger charge is -2.12. The van der Waals surface area contributed by atoms with Gasteiger partial charge in [-0.05, 0) is 18.4 Å². The van der Waals surface area contributed by atoms with E-state index in [-0.39, 0.29) is 11.1 Å². The van der Waals surface area contributed by atoms with Crippen LogP contribution in [0.4, 0.5) is 0 Å². The average molecular weight is 270 g/mol. The number of rotatable bonds is 4.